The molecule has 0 saturated heterocycles. The fraction of sp³-hybridized carbons (Fsp3) is 0.941. The fourth-order valence-corrected chi connectivity index (χ4v) is 5.01. The molecule has 0 aromatic rings. The van der Waals surface area contributed by atoms with Crippen molar-refractivity contribution in [3.8, 4) is 0 Å². The summed E-state index contributed by atoms with van der Waals surface area (Å²) in [4.78, 5) is 24.5. The van der Waals surface area contributed by atoms with Gasteiger partial charge < -0.3 is 9.47 Å². The maximum atomic E-state index is 12.3. The summed E-state index contributed by atoms with van der Waals surface area (Å²) in [6.07, 6.45) is 32.1. The van der Waals surface area contributed by atoms with Gasteiger partial charge in [-0.25, -0.2) is 0 Å². The molecule has 0 spiro atoms. The molecule has 0 bridgehead atoms. The van der Waals surface area contributed by atoms with Gasteiger partial charge in [0, 0.05) is 19.3 Å². The average Bonchev–Trinajstić information content (AvgIpc) is 2.90. The molecule has 0 radical (unpaired) electrons. The predicted octanol–water partition coefficient (Wildman–Crippen LogP) is 11.4. The van der Waals surface area contributed by atoms with E-state index in [4.69, 9.17) is 9.47 Å². The topological polar surface area (TPSA) is 52.6 Å². The van der Waals surface area contributed by atoms with E-state index in [0.29, 0.717) is 19.3 Å². The third kappa shape index (κ3) is 28.0. The second-order valence-electron chi connectivity index (χ2n) is 11.5. The molecule has 4 heteroatoms. The van der Waals surface area contributed by atoms with E-state index in [-0.39, 0.29) is 11.9 Å². The van der Waals surface area contributed by atoms with E-state index >= 15 is 0 Å². The Hall–Kier alpha value is -1.06. The van der Waals surface area contributed by atoms with E-state index in [1.807, 2.05) is 6.92 Å². The highest BCUT2D eigenvalue weighted by Crippen LogP contribution is 2.15. The predicted molar refractivity (Wildman–Crippen MR) is 162 cm³/mol. The lowest BCUT2D eigenvalue weighted by Gasteiger charge is -2.18. The maximum Gasteiger partial charge on any atom is 0.308 e. The fourth-order valence-electron chi connectivity index (χ4n) is 5.01. The van der Waals surface area contributed by atoms with E-state index in [1.54, 1.807) is 0 Å². The van der Waals surface area contributed by atoms with E-state index in [2.05, 4.69) is 13.8 Å². The van der Waals surface area contributed by atoms with Crippen LogP contribution in [0.4, 0.5) is 0 Å². The molecule has 0 atom stereocenters. The monoisotopic (exact) mass is 538 g/mol. The summed E-state index contributed by atoms with van der Waals surface area (Å²) in [5, 5.41) is 0. The summed E-state index contributed by atoms with van der Waals surface area (Å²) >= 11 is 0. The van der Waals surface area contributed by atoms with Crippen LogP contribution in [-0.2, 0) is 19.1 Å². The van der Waals surface area contributed by atoms with Crippen molar-refractivity contribution in [1.29, 1.82) is 0 Å². The highest BCUT2D eigenvalue weighted by Gasteiger charge is 2.18. The molecule has 0 rings (SSSR count). The van der Waals surface area contributed by atoms with Gasteiger partial charge in [-0.1, -0.05) is 162 Å². The number of unbranched alkanes of at least 4 members (excludes halogenated alkanes) is 22. The van der Waals surface area contributed by atoms with Crippen molar-refractivity contribution in [3.05, 3.63) is 0 Å². The van der Waals surface area contributed by atoms with Gasteiger partial charge in [0.05, 0.1) is 0 Å². The van der Waals surface area contributed by atoms with Crippen molar-refractivity contribution in [1.82, 2.24) is 0 Å². The number of carbonyl (C=O) groups excluding carboxylic acids is 2. The zero-order valence-electron chi connectivity index (χ0n) is 26.0. The molecular formula is C34H66O4. The summed E-state index contributed by atoms with van der Waals surface area (Å²) in [5.41, 5.74) is 0. The Morgan fingerprint density at radius 3 is 0.921 bits per heavy atom. The third-order valence-electron chi connectivity index (χ3n) is 7.52. The highest BCUT2D eigenvalue weighted by atomic mass is 16.7. The summed E-state index contributed by atoms with van der Waals surface area (Å²) in [6.45, 7) is 6.55. The largest absolute Gasteiger partial charge is 0.425 e. The minimum Gasteiger partial charge on any atom is -0.425 e. The van der Waals surface area contributed by atoms with E-state index < -0.39 is 6.29 Å². The number of rotatable bonds is 30. The Bertz CT molecular complexity index is 463. The van der Waals surface area contributed by atoms with E-state index in [0.717, 1.165) is 32.1 Å². The van der Waals surface area contributed by atoms with Gasteiger partial charge in [-0.2, -0.15) is 0 Å². The van der Waals surface area contributed by atoms with Gasteiger partial charge in [-0.3, -0.25) is 9.59 Å². The van der Waals surface area contributed by atoms with Crippen molar-refractivity contribution in [2.75, 3.05) is 0 Å². The number of hydrogen-bond acceptors (Lipinski definition) is 4. The molecule has 0 heterocycles. The van der Waals surface area contributed by atoms with E-state index in [1.165, 1.54) is 128 Å². The summed E-state index contributed by atoms with van der Waals surface area (Å²) in [7, 11) is 0. The lowest BCUT2D eigenvalue weighted by Crippen LogP contribution is -2.24. The molecule has 0 unspecified atom stereocenters. The van der Waals surface area contributed by atoms with Gasteiger partial charge in [0.2, 0.25) is 6.29 Å². The van der Waals surface area contributed by atoms with Crippen LogP contribution < -0.4 is 0 Å². The number of carbonyl (C=O) groups is 2. The van der Waals surface area contributed by atoms with Crippen LogP contribution in [0.2, 0.25) is 0 Å². The summed E-state index contributed by atoms with van der Waals surface area (Å²) in [6, 6.07) is 0. The molecule has 4 nitrogen and oxygen atoms in total. The van der Waals surface area contributed by atoms with Crippen LogP contribution >= 0.6 is 0 Å². The van der Waals surface area contributed by atoms with Crippen LogP contribution in [0.3, 0.4) is 0 Å². The van der Waals surface area contributed by atoms with Crippen LogP contribution in [0.1, 0.15) is 201 Å². The molecule has 0 N–H and O–H groups in total. The molecule has 0 aliphatic rings. The van der Waals surface area contributed by atoms with Crippen molar-refractivity contribution >= 4 is 11.9 Å². The first-order valence-electron chi connectivity index (χ1n) is 17.0. The van der Waals surface area contributed by atoms with Crippen LogP contribution in [0, 0.1) is 0 Å². The molecule has 226 valence electrons. The minimum atomic E-state index is -0.713. The standard InChI is InChI=1S/C34H66O4/c1-4-7-9-11-13-15-17-19-21-23-25-27-30-32(35)37-34(29-6-3)38-33(36)31-28-26-24-22-20-18-16-14-12-10-8-5-2/h34H,4-31H2,1-3H3. The quantitative estimate of drug-likeness (QED) is 0.0518. The van der Waals surface area contributed by atoms with Gasteiger partial charge in [0.1, 0.15) is 0 Å². The average molecular weight is 539 g/mol. The first-order chi connectivity index (χ1) is 18.6. The Balaban J connectivity index is 3.68. The molecule has 0 aromatic heterocycles. The molecule has 0 aromatic carbocycles. The molecule has 0 saturated carbocycles. The normalized spacial score (nSPS) is 11.3. The zero-order valence-corrected chi connectivity index (χ0v) is 26.0. The van der Waals surface area contributed by atoms with Crippen molar-refractivity contribution in [2.45, 2.75) is 207 Å². The SMILES string of the molecule is CCCCCCCCCCCCCCC(=O)OC(CCC)OC(=O)CCCCCCCCCCCCCC. The van der Waals surface area contributed by atoms with Crippen LogP contribution in [0.15, 0.2) is 0 Å². The number of esters is 2. The van der Waals surface area contributed by atoms with Crippen molar-refractivity contribution in [2.24, 2.45) is 0 Å². The Morgan fingerprint density at radius 2 is 0.658 bits per heavy atom. The smallest absolute Gasteiger partial charge is 0.308 e. The van der Waals surface area contributed by atoms with Gasteiger partial charge >= 0.3 is 11.9 Å². The van der Waals surface area contributed by atoms with Gasteiger partial charge in [-0.05, 0) is 19.3 Å². The van der Waals surface area contributed by atoms with Crippen LogP contribution in [0.5, 0.6) is 0 Å². The van der Waals surface area contributed by atoms with Gasteiger partial charge in [0.25, 0.3) is 0 Å². The molecule has 0 aliphatic carbocycles. The Kier molecular flexibility index (Phi) is 29.6. The van der Waals surface area contributed by atoms with Crippen LogP contribution in [0.25, 0.3) is 0 Å². The Morgan fingerprint density at radius 1 is 0.395 bits per heavy atom. The maximum absolute atomic E-state index is 12.3. The number of hydrogen-bond donors (Lipinski definition) is 0. The molecule has 38 heavy (non-hydrogen) atoms. The van der Waals surface area contributed by atoms with E-state index in [9.17, 15) is 9.59 Å². The van der Waals surface area contributed by atoms with Crippen molar-refractivity contribution < 1.29 is 19.1 Å². The molecule has 0 fully saturated rings. The lowest BCUT2D eigenvalue weighted by atomic mass is 10.0. The van der Waals surface area contributed by atoms with Crippen molar-refractivity contribution in [3.63, 3.8) is 0 Å². The second-order valence-corrected chi connectivity index (χ2v) is 11.5. The van der Waals surface area contributed by atoms with Gasteiger partial charge in [0.15, 0.2) is 0 Å². The minimum absolute atomic E-state index is 0.228. The third-order valence-corrected chi connectivity index (χ3v) is 7.52. The lowest BCUT2D eigenvalue weighted by molar-refractivity contribution is -0.189. The summed E-state index contributed by atoms with van der Waals surface area (Å²) < 4.78 is 11.0. The molecule has 0 amide bonds. The number of ether oxygens (including phenoxy) is 2. The first kappa shape index (κ1) is 36.9. The second kappa shape index (κ2) is 30.5. The van der Waals surface area contributed by atoms with Crippen LogP contribution in [-0.4, -0.2) is 18.2 Å². The Labute approximate surface area is 237 Å². The van der Waals surface area contributed by atoms with Gasteiger partial charge in [-0.15, -0.1) is 0 Å². The zero-order chi connectivity index (χ0) is 27.9. The molecule has 0 aliphatic heterocycles. The molecular weight excluding hydrogens is 472 g/mol. The highest BCUT2D eigenvalue weighted by molar-refractivity contribution is 5.71. The first-order valence-corrected chi connectivity index (χ1v) is 17.0. The summed E-state index contributed by atoms with van der Waals surface area (Å²) in [5.74, 6) is -0.456.